The zero-order chi connectivity index (χ0) is 22.2. The largest absolute Gasteiger partial charge is 0.369 e. The van der Waals surface area contributed by atoms with Gasteiger partial charge in [-0.2, -0.15) is 0 Å². The number of nitrogens with one attached hydrogen (secondary N) is 1. The average molecular weight is 422 g/mol. The van der Waals surface area contributed by atoms with Gasteiger partial charge in [-0.15, -0.1) is 0 Å². The van der Waals surface area contributed by atoms with Gasteiger partial charge >= 0.3 is 0 Å². The molecule has 0 spiro atoms. The molecule has 166 valence electrons. The number of Topliss-reactive ketones (excluding diaryl/α,β-unsaturated/α-hetero) is 1. The van der Waals surface area contributed by atoms with Gasteiger partial charge in [-0.25, -0.2) is 0 Å². The van der Waals surface area contributed by atoms with Gasteiger partial charge in [0.05, 0.1) is 0 Å². The normalized spacial score (nSPS) is 14.5. The molecule has 0 aliphatic carbocycles. The molecule has 0 unspecified atom stereocenters. The topological polar surface area (TPSA) is 52.7 Å². The fraction of sp³-hybridized carbons (Fsp3) is 0.462. The SMILES string of the molecule is CCCc1ccc(C(=O)CCC(=O)Nc2ccc(N3CCN(CC)CC3)cc2C)cc1. The molecule has 1 amide bonds. The number of hydrogen-bond donors (Lipinski definition) is 1. The van der Waals surface area contributed by atoms with Crippen molar-refractivity contribution in [3.63, 3.8) is 0 Å². The number of likely N-dealkylation sites (N-methyl/N-ethyl adjacent to an activating group) is 1. The van der Waals surface area contributed by atoms with Gasteiger partial charge in [-0.3, -0.25) is 9.59 Å². The molecule has 1 fully saturated rings. The molecule has 1 aliphatic rings. The smallest absolute Gasteiger partial charge is 0.224 e. The van der Waals surface area contributed by atoms with Gasteiger partial charge in [0.25, 0.3) is 0 Å². The zero-order valence-electron chi connectivity index (χ0n) is 19.1. The van der Waals surface area contributed by atoms with Crippen molar-refractivity contribution in [2.45, 2.75) is 46.5 Å². The highest BCUT2D eigenvalue weighted by molar-refractivity contribution is 6.00. The number of carbonyl (C=O) groups excluding carboxylic acids is 2. The summed E-state index contributed by atoms with van der Waals surface area (Å²) in [6.45, 7) is 11.7. The van der Waals surface area contributed by atoms with E-state index in [1.54, 1.807) is 0 Å². The summed E-state index contributed by atoms with van der Waals surface area (Å²) in [5.41, 5.74) is 4.98. The fourth-order valence-electron chi connectivity index (χ4n) is 4.04. The van der Waals surface area contributed by atoms with Crippen LogP contribution in [0.25, 0.3) is 0 Å². The van der Waals surface area contributed by atoms with Crippen molar-refractivity contribution in [3.8, 4) is 0 Å². The second kappa shape index (κ2) is 11.1. The lowest BCUT2D eigenvalue weighted by molar-refractivity contribution is -0.116. The van der Waals surface area contributed by atoms with Crippen LogP contribution in [0, 0.1) is 6.92 Å². The summed E-state index contributed by atoms with van der Waals surface area (Å²) < 4.78 is 0. The van der Waals surface area contributed by atoms with E-state index in [0.29, 0.717) is 5.56 Å². The predicted molar refractivity (Wildman–Crippen MR) is 128 cm³/mol. The summed E-state index contributed by atoms with van der Waals surface area (Å²) in [5.74, 6) is -0.111. The number of anilines is 2. The molecule has 1 saturated heterocycles. The number of hydrogen-bond acceptors (Lipinski definition) is 4. The van der Waals surface area contributed by atoms with E-state index in [4.69, 9.17) is 0 Å². The van der Waals surface area contributed by atoms with Crippen LogP contribution in [0.15, 0.2) is 42.5 Å². The van der Waals surface area contributed by atoms with E-state index in [-0.39, 0.29) is 24.5 Å². The summed E-state index contributed by atoms with van der Waals surface area (Å²) in [6.07, 6.45) is 2.51. The van der Waals surface area contributed by atoms with Gasteiger partial charge in [0.1, 0.15) is 0 Å². The highest BCUT2D eigenvalue weighted by Gasteiger charge is 2.17. The molecule has 3 rings (SSSR count). The molecule has 0 bridgehead atoms. The molecule has 1 heterocycles. The minimum atomic E-state index is -0.122. The monoisotopic (exact) mass is 421 g/mol. The standard InChI is InChI=1S/C26H35N3O2/c1-4-6-21-7-9-22(10-8-21)25(30)13-14-26(31)27-24-12-11-23(19-20(24)3)29-17-15-28(5-2)16-18-29/h7-12,19H,4-6,13-18H2,1-3H3,(H,27,31). The number of piperazine rings is 1. The van der Waals surface area contributed by atoms with E-state index in [0.717, 1.165) is 56.8 Å². The summed E-state index contributed by atoms with van der Waals surface area (Å²) in [4.78, 5) is 29.7. The maximum atomic E-state index is 12.4. The Hall–Kier alpha value is -2.66. The number of amides is 1. The minimum Gasteiger partial charge on any atom is -0.369 e. The van der Waals surface area contributed by atoms with E-state index in [9.17, 15) is 9.59 Å². The number of carbonyl (C=O) groups is 2. The first-order valence-corrected chi connectivity index (χ1v) is 11.5. The van der Waals surface area contributed by atoms with E-state index < -0.39 is 0 Å². The molecule has 31 heavy (non-hydrogen) atoms. The first-order valence-electron chi connectivity index (χ1n) is 11.5. The Morgan fingerprint density at radius 2 is 1.65 bits per heavy atom. The Balaban J connectivity index is 1.50. The molecule has 0 saturated carbocycles. The van der Waals surface area contributed by atoms with Crippen molar-refractivity contribution < 1.29 is 9.59 Å². The molecule has 2 aromatic rings. The first-order chi connectivity index (χ1) is 15.0. The lowest BCUT2D eigenvalue weighted by Gasteiger charge is -2.35. The predicted octanol–water partition coefficient (Wildman–Crippen LogP) is 4.69. The van der Waals surface area contributed by atoms with Crippen molar-refractivity contribution in [3.05, 3.63) is 59.2 Å². The number of aryl methyl sites for hydroxylation is 2. The molecule has 2 aromatic carbocycles. The third-order valence-corrected chi connectivity index (χ3v) is 6.06. The zero-order valence-corrected chi connectivity index (χ0v) is 19.1. The first kappa shape index (κ1) is 23.0. The van der Waals surface area contributed by atoms with Crippen molar-refractivity contribution in [2.75, 3.05) is 42.9 Å². The molecule has 5 heteroatoms. The van der Waals surface area contributed by atoms with Crippen LogP contribution < -0.4 is 10.2 Å². The van der Waals surface area contributed by atoms with Gasteiger partial charge in [-0.1, -0.05) is 44.5 Å². The minimum absolute atomic E-state index is 0.0106. The van der Waals surface area contributed by atoms with Crippen LogP contribution in [0.1, 0.15) is 54.6 Å². The number of benzene rings is 2. The van der Waals surface area contributed by atoms with Crippen LogP contribution in [0.2, 0.25) is 0 Å². The maximum absolute atomic E-state index is 12.4. The molecular weight excluding hydrogens is 386 g/mol. The Bertz CT molecular complexity index is 884. The van der Waals surface area contributed by atoms with Gasteiger partial charge in [0.2, 0.25) is 5.91 Å². The number of ketones is 1. The Kier molecular flexibility index (Phi) is 8.24. The Morgan fingerprint density at radius 3 is 2.26 bits per heavy atom. The van der Waals surface area contributed by atoms with E-state index >= 15 is 0 Å². The molecule has 1 N–H and O–H groups in total. The van der Waals surface area contributed by atoms with Gasteiger partial charge in [-0.05, 0) is 49.2 Å². The van der Waals surface area contributed by atoms with E-state index in [1.165, 1.54) is 11.3 Å². The van der Waals surface area contributed by atoms with Crippen LogP contribution in [0.3, 0.4) is 0 Å². The third-order valence-electron chi connectivity index (χ3n) is 6.06. The van der Waals surface area contributed by atoms with Crippen molar-refractivity contribution >= 4 is 23.1 Å². The second-order valence-electron chi connectivity index (χ2n) is 8.34. The number of nitrogens with zero attached hydrogens (tertiary/aromatic N) is 2. The highest BCUT2D eigenvalue weighted by atomic mass is 16.2. The van der Waals surface area contributed by atoms with Crippen LogP contribution in [0.4, 0.5) is 11.4 Å². The van der Waals surface area contributed by atoms with Crippen molar-refractivity contribution in [1.29, 1.82) is 0 Å². The summed E-state index contributed by atoms with van der Waals surface area (Å²) >= 11 is 0. The fourth-order valence-corrected chi connectivity index (χ4v) is 4.04. The maximum Gasteiger partial charge on any atom is 0.224 e. The Labute approximate surface area is 186 Å². The van der Waals surface area contributed by atoms with Crippen molar-refractivity contribution in [1.82, 2.24) is 4.90 Å². The molecule has 0 aromatic heterocycles. The van der Waals surface area contributed by atoms with E-state index in [2.05, 4.69) is 41.1 Å². The molecular formula is C26H35N3O2. The summed E-state index contributed by atoms with van der Waals surface area (Å²) in [7, 11) is 0. The lowest BCUT2D eigenvalue weighted by Crippen LogP contribution is -2.46. The van der Waals surface area contributed by atoms with Crippen LogP contribution in [-0.2, 0) is 11.2 Å². The quantitative estimate of drug-likeness (QED) is 0.597. The molecule has 5 nitrogen and oxygen atoms in total. The Morgan fingerprint density at radius 1 is 0.935 bits per heavy atom. The highest BCUT2D eigenvalue weighted by Crippen LogP contribution is 2.24. The van der Waals surface area contributed by atoms with Gasteiger partial charge < -0.3 is 15.1 Å². The van der Waals surface area contributed by atoms with Crippen LogP contribution in [0.5, 0.6) is 0 Å². The van der Waals surface area contributed by atoms with Gasteiger partial charge in [0, 0.05) is 56.0 Å². The molecule has 0 atom stereocenters. The summed E-state index contributed by atoms with van der Waals surface area (Å²) in [6, 6.07) is 13.9. The lowest BCUT2D eigenvalue weighted by atomic mass is 10.0. The second-order valence-corrected chi connectivity index (χ2v) is 8.34. The third kappa shape index (κ3) is 6.41. The molecule has 1 aliphatic heterocycles. The van der Waals surface area contributed by atoms with Crippen LogP contribution >= 0.6 is 0 Å². The number of rotatable bonds is 9. The van der Waals surface area contributed by atoms with Crippen molar-refractivity contribution in [2.24, 2.45) is 0 Å². The van der Waals surface area contributed by atoms with E-state index in [1.807, 2.05) is 37.3 Å². The van der Waals surface area contributed by atoms with Crippen LogP contribution in [-0.4, -0.2) is 49.3 Å². The molecule has 0 radical (unpaired) electrons. The summed E-state index contributed by atoms with van der Waals surface area (Å²) in [5, 5.41) is 2.97. The van der Waals surface area contributed by atoms with Gasteiger partial charge in [0.15, 0.2) is 5.78 Å². The average Bonchev–Trinajstić information content (AvgIpc) is 2.79.